The molecule has 0 unspecified atom stereocenters. The van der Waals surface area contributed by atoms with E-state index in [-0.39, 0.29) is 0 Å². The predicted octanol–water partition coefficient (Wildman–Crippen LogP) is 4.38. The van der Waals surface area contributed by atoms with Crippen molar-refractivity contribution in [1.29, 1.82) is 0 Å². The molecule has 98 valence electrons. The summed E-state index contributed by atoms with van der Waals surface area (Å²) in [6.45, 7) is 0. The molecule has 0 radical (unpaired) electrons. The first-order chi connectivity index (χ1) is 9.33. The maximum Gasteiger partial charge on any atom is 0.123 e. The van der Waals surface area contributed by atoms with Gasteiger partial charge < -0.3 is 5.73 Å². The fraction of sp³-hybridized carbons (Fsp3) is 0.353. The number of benzene rings is 1. The molecule has 1 aliphatic rings. The molecule has 0 atom stereocenters. The Hall–Kier alpha value is -1.83. The number of hydrogen-bond donors (Lipinski definition) is 1. The third-order valence-electron chi connectivity index (χ3n) is 4.10. The molecule has 0 bridgehead atoms. The molecular formula is C17H20N2. The van der Waals surface area contributed by atoms with Crippen LogP contribution < -0.4 is 5.73 Å². The number of nitrogen functional groups attached to an aromatic ring is 1. The Morgan fingerprint density at radius 1 is 0.895 bits per heavy atom. The van der Waals surface area contributed by atoms with Crippen LogP contribution >= 0.6 is 0 Å². The number of aromatic nitrogens is 1. The quantitative estimate of drug-likeness (QED) is 0.861. The third-order valence-corrected chi connectivity index (χ3v) is 4.10. The maximum absolute atomic E-state index is 5.73. The van der Waals surface area contributed by atoms with E-state index in [0.29, 0.717) is 5.82 Å². The molecule has 1 aliphatic carbocycles. The molecule has 2 nitrogen and oxygen atoms in total. The second-order valence-corrected chi connectivity index (χ2v) is 5.43. The largest absolute Gasteiger partial charge is 0.384 e. The summed E-state index contributed by atoms with van der Waals surface area (Å²) in [6.07, 6.45) is 8.63. The van der Waals surface area contributed by atoms with Gasteiger partial charge >= 0.3 is 0 Å². The van der Waals surface area contributed by atoms with E-state index in [9.17, 15) is 0 Å². The smallest absolute Gasteiger partial charge is 0.123 e. The van der Waals surface area contributed by atoms with Gasteiger partial charge in [-0.15, -0.1) is 0 Å². The van der Waals surface area contributed by atoms with Crippen LogP contribution in [0.3, 0.4) is 0 Å². The fourth-order valence-electron chi connectivity index (χ4n) is 3.01. The third kappa shape index (κ3) is 2.78. The van der Waals surface area contributed by atoms with Gasteiger partial charge in [0.25, 0.3) is 0 Å². The van der Waals surface area contributed by atoms with E-state index in [1.165, 1.54) is 43.2 Å². The van der Waals surface area contributed by atoms with E-state index in [1.54, 1.807) is 6.20 Å². The molecule has 1 saturated carbocycles. The predicted molar refractivity (Wildman–Crippen MR) is 79.9 cm³/mol. The minimum atomic E-state index is 0.578. The molecule has 1 aromatic heterocycles. The number of pyridine rings is 1. The van der Waals surface area contributed by atoms with E-state index in [2.05, 4.69) is 29.2 Å². The Balaban J connectivity index is 1.82. The van der Waals surface area contributed by atoms with Crippen molar-refractivity contribution in [2.24, 2.45) is 0 Å². The fourth-order valence-corrected chi connectivity index (χ4v) is 3.01. The highest BCUT2D eigenvalue weighted by Crippen LogP contribution is 2.33. The van der Waals surface area contributed by atoms with Gasteiger partial charge in [-0.05, 0) is 47.6 Å². The highest BCUT2D eigenvalue weighted by Gasteiger charge is 2.15. The lowest BCUT2D eigenvalue weighted by Crippen LogP contribution is -2.04. The number of nitrogens with two attached hydrogens (primary N) is 1. The molecule has 1 fully saturated rings. The van der Waals surface area contributed by atoms with Crippen LogP contribution in [0.25, 0.3) is 11.1 Å². The second-order valence-electron chi connectivity index (χ2n) is 5.43. The van der Waals surface area contributed by atoms with Gasteiger partial charge in [-0.1, -0.05) is 43.5 Å². The summed E-state index contributed by atoms with van der Waals surface area (Å²) in [4.78, 5) is 4.03. The van der Waals surface area contributed by atoms with E-state index >= 15 is 0 Å². The number of hydrogen-bond acceptors (Lipinski definition) is 2. The Kier molecular flexibility index (Phi) is 3.49. The number of nitrogens with zero attached hydrogens (tertiary/aromatic N) is 1. The van der Waals surface area contributed by atoms with Crippen molar-refractivity contribution in [2.75, 3.05) is 5.73 Å². The second kappa shape index (κ2) is 5.43. The van der Waals surface area contributed by atoms with Gasteiger partial charge in [0.15, 0.2) is 0 Å². The van der Waals surface area contributed by atoms with Crippen molar-refractivity contribution < 1.29 is 0 Å². The molecule has 2 N–H and O–H groups in total. The van der Waals surface area contributed by atoms with Crippen LogP contribution in [0.2, 0.25) is 0 Å². The minimum Gasteiger partial charge on any atom is -0.384 e. The summed E-state index contributed by atoms with van der Waals surface area (Å²) in [5.41, 5.74) is 9.58. The number of anilines is 1. The SMILES string of the molecule is Nc1cc(-c2ccc(C3CCCCC3)cc2)ccn1. The Morgan fingerprint density at radius 3 is 2.32 bits per heavy atom. The van der Waals surface area contributed by atoms with Gasteiger partial charge in [0.1, 0.15) is 5.82 Å². The summed E-state index contributed by atoms with van der Waals surface area (Å²) in [5, 5.41) is 0. The lowest BCUT2D eigenvalue weighted by atomic mass is 9.84. The van der Waals surface area contributed by atoms with E-state index < -0.39 is 0 Å². The summed E-state index contributed by atoms with van der Waals surface area (Å²) >= 11 is 0. The molecule has 0 amide bonds. The average molecular weight is 252 g/mol. The standard InChI is InChI=1S/C17H20N2/c18-17-12-16(10-11-19-17)15-8-6-14(7-9-15)13-4-2-1-3-5-13/h6-13H,1-5H2,(H2,18,19). The van der Waals surface area contributed by atoms with Crippen LogP contribution in [-0.2, 0) is 0 Å². The minimum absolute atomic E-state index is 0.578. The zero-order chi connectivity index (χ0) is 13.1. The zero-order valence-corrected chi connectivity index (χ0v) is 11.2. The summed E-state index contributed by atoms with van der Waals surface area (Å²) in [7, 11) is 0. The highest BCUT2D eigenvalue weighted by atomic mass is 14.8. The summed E-state index contributed by atoms with van der Waals surface area (Å²) in [6, 6.07) is 12.9. The Bertz CT molecular complexity index is 539. The van der Waals surface area contributed by atoms with Gasteiger partial charge in [0.05, 0.1) is 0 Å². The van der Waals surface area contributed by atoms with Crippen LogP contribution in [0.1, 0.15) is 43.6 Å². The molecule has 1 heterocycles. The Morgan fingerprint density at radius 2 is 1.63 bits per heavy atom. The van der Waals surface area contributed by atoms with E-state index in [0.717, 1.165) is 11.5 Å². The molecule has 19 heavy (non-hydrogen) atoms. The van der Waals surface area contributed by atoms with Crippen molar-refractivity contribution in [3.63, 3.8) is 0 Å². The molecule has 3 rings (SSSR count). The lowest BCUT2D eigenvalue weighted by molar-refractivity contribution is 0.443. The van der Waals surface area contributed by atoms with Gasteiger partial charge in [-0.25, -0.2) is 4.98 Å². The molecular weight excluding hydrogens is 232 g/mol. The van der Waals surface area contributed by atoms with Crippen molar-refractivity contribution in [1.82, 2.24) is 4.98 Å². The highest BCUT2D eigenvalue weighted by molar-refractivity contribution is 5.65. The van der Waals surface area contributed by atoms with E-state index in [4.69, 9.17) is 5.73 Å². The monoisotopic (exact) mass is 252 g/mol. The molecule has 1 aromatic carbocycles. The van der Waals surface area contributed by atoms with Crippen molar-refractivity contribution in [3.8, 4) is 11.1 Å². The molecule has 0 spiro atoms. The van der Waals surface area contributed by atoms with Crippen molar-refractivity contribution >= 4 is 5.82 Å². The molecule has 0 saturated heterocycles. The number of rotatable bonds is 2. The maximum atomic E-state index is 5.73. The first-order valence-electron chi connectivity index (χ1n) is 7.15. The topological polar surface area (TPSA) is 38.9 Å². The first-order valence-corrected chi connectivity index (χ1v) is 7.15. The normalized spacial score (nSPS) is 16.4. The molecule has 0 aliphatic heterocycles. The van der Waals surface area contributed by atoms with Gasteiger partial charge in [0, 0.05) is 6.20 Å². The molecule has 2 heteroatoms. The van der Waals surface area contributed by atoms with Crippen molar-refractivity contribution in [2.45, 2.75) is 38.0 Å². The van der Waals surface area contributed by atoms with Gasteiger partial charge in [0.2, 0.25) is 0 Å². The van der Waals surface area contributed by atoms with Crippen LogP contribution in [0.15, 0.2) is 42.6 Å². The van der Waals surface area contributed by atoms with Crippen molar-refractivity contribution in [3.05, 3.63) is 48.2 Å². The summed E-state index contributed by atoms with van der Waals surface area (Å²) < 4.78 is 0. The molecule has 2 aromatic rings. The van der Waals surface area contributed by atoms with Crippen LogP contribution in [-0.4, -0.2) is 4.98 Å². The van der Waals surface area contributed by atoms with Crippen LogP contribution in [0.5, 0.6) is 0 Å². The van der Waals surface area contributed by atoms with E-state index in [1.807, 2.05) is 12.1 Å². The van der Waals surface area contributed by atoms with Gasteiger partial charge in [-0.3, -0.25) is 0 Å². The average Bonchev–Trinajstić information content (AvgIpc) is 2.48. The lowest BCUT2D eigenvalue weighted by Gasteiger charge is -2.22. The zero-order valence-electron chi connectivity index (χ0n) is 11.2. The Labute approximate surface area is 114 Å². The van der Waals surface area contributed by atoms with Crippen LogP contribution in [0.4, 0.5) is 5.82 Å². The first kappa shape index (κ1) is 12.2. The van der Waals surface area contributed by atoms with Crippen LogP contribution in [0, 0.1) is 0 Å². The van der Waals surface area contributed by atoms with Gasteiger partial charge in [-0.2, -0.15) is 0 Å². The summed E-state index contributed by atoms with van der Waals surface area (Å²) in [5.74, 6) is 1.35.